The van der Waals surface area contributed by atoms with Gasteiger partial charge < -0.3 is 9.47 Å². The number of aromatic nitrogens is 1. The molecule has 0 saturated heterocycles. The molecule has 0 atom stereocenters. The van der Waals surface area contributed by atoms with E-state index in [9.17, 15) is 0 Å². The zero-order chi connectivity index (χ0) is 42.4. The highest BCUT2D eigenvalue weighted by Crippen LogP contribution is 2.43. The summed E-state index contributed by atoms with van der Waals surface area (Å²) in [4.78, 5) is 2.35. The molecule has 0 aliphatic carbocycles. The smallest absolute Gasteiger partial charge is 0.0547 e. The molecule has 1 heterocycles. The van der Waals surface area contributed by atoms with Gasteiger partial charge in [0.2, 0.25) is 0 Å². The Kier molecular flexibility index (Phi) is 9.20. The van der Waals surface area contributed by atoms with Gasteiger partial charge in [-0.3, -0.25) is 0 Å². The predicted octanol–water partition coefficient (Wildman–Crippen LogP) is 17.2. The van der Waals surface area contributed by atoms with E-state index in [1.54, 1.807) is 0 Å². The molecular formula is C62H42N2. The monoisotopic (exact) mass is 814 g/mol. The van der Waals surface area contributed by atoms with Crippen molar-refractivity contribution < 1.29 is 0 Å². The molecule has 0 fully saturated rings. The molecule has 0 aliphatic rings. The average Bonchev–Trinajstić information content (AvgIpc) is 3.73. The van der Waals surface area contributed by atoms with E-state index >= 15 is 0 Å². The molecule has 0 N–H and O–H groups in total. The summed E-state index contributed by atoms with van der Waals surface area (Å²) < 4.78 is 2.46. The van der Waals surface area contributed by atoms with Crippen molar-refractivity contribution in [3.05, 3.63) is 255 Å². The van der Waals surface area contributed by atoms with Gasteiger partial charge in [0.15, 0.2) is 0 Å². The van der Waals surface area contributed by atoms with E-state index in [0.717, 1.165) is 33.9 Å². The molecule has 12 rings (SSSR count). The molecule has 11 aromatic carbocycles. The molecule has 0 amide bonds. The van der Waals surface area contributed by atoms with Crippen LogP contribution in [0.1, 0.15) is 0 Å². The normalized spacial score (nSPS) is 11.4. The highest BCUT2D eigenvalue weighted by molar-refractivity contribution is 6.25. The van der Waals surface area contributed by atoms with Gasteiger partial charge in [0.05, 0.1) is 11.0 Å². The van der Waals surface area contributed by atoms with Crippen molar-refractivity contribution in [2.24, 2.45) is 0 Å². The lowest BCUT2D eigenvalue weighted by molar-refractivity contribution is 1.18. The molecule has 0 aliphatic heterocycles. The second-order valence-electron chi connectivity index (χ2n) is 16.5. The molecule has 64 heavy (non-hydrogen) atoms. The third-order valence-electron chi connectivity index (χ3n) is 12.8. The average molecular weight is 815 g/mol. The van der Waals surface area contributed by atoms with Gasteiger partial charge in [0.25, 0.3) is 0 Å². The van der Waals surface area contributed by atoms with E-state index in [1.807, 2.05) is 0 Å². The Hall–Kier alpha value is -8.46. The molecule has 300 valence electrons. The molecule has 0 unspecified atom stereocenters. The van der Waals surface area contributed by atoms with Crippen LogP contribution in [0.5, 0.6) is 0 Å². The summed E-state index contributed by atoms with van der Waals surface area (Å²) in [6, 6.07) is 92.6. The molecule has 2 nitrogen and oxygen atoms in total. The fourth-order valence-electron chi connectivity index (χ4n) is 9.65. The lowest BCUT2D eigenvalue weighted by Crippen LogP contribution is -2.09. The number of fused-ring (bicyclic) bond motifs is 6. The van der Waals surface area contributed by atoms with Crippen molar-refractivity contribution in [2.75, 3.05) is 4.90 Å². The summed E-state index contributed by atoms with van der Waals surface area (Å²) in [7, 11) is 0. The van der Waals surface area contributed by atoms with Crippen molar-refractivity contribution in [3.63, 3.8) is 0 Å². The number of hydrogen-bond donors (Lipinski definition) is 0. The Bertz CT molecular complexity index is 3540. The lowest BCUT2D eigenvalue weighted by Gasteiger charge is -2.26. The van der Waals surface area contributed by atoms with E-state index in [1.165, 1.54) is 76.7 Å². The van der Waals surface area contributed by atoms with E-state index < -0.39 is 0 Å². The fourth-order valence-corrected chi connectivity index (χ4v) is 9.65. The van der Waals surface area contributed by atoms with Crippen LogP contribution >= 0.6 is 0 Å². The summed E-state index contributed by atoms with van der Waals surface area (Å²) in [5, 5.41) is 7.55. The van der Waals surface area contributed by atoms with Crippen molar-refractivity contribution in [3.8, 4) is 50.2 Å². The maximum Gasteiger partial charge on any atom is 0.0547 e. The molecule has 12 aromatic rings. The molecule has 2 heteroatoms. The van der Waals surface area contributed by atoms with Gasteiger partial charge in [0, 0.05) is 33.5 Å². The Balaban J connectivity index is 0.954. The standard InChI is InChI=1S/C62H42N2/c1-3-13-43(14-4-1)46-27-34-53(35-28-46)63(54-36-29-47(30-37-54)44-15-5-2-6-16-44)55-38-31-48(32-39-55)51-20-11-21-56(42-51)64-59-24-12-23-58(52-26-25-45-17-7-8-19-50(45)41-52)62(59)61-57-22-10-9-18-49(57)33-40-60(61)64/h1-42H. The minimum atomic E-state index is 1.09. The Morgan fingerprint density at radius 1 is 0.266 bits per heavy atom. The van der Waals surface area contributed by atoms with Crippen molar-refractivity contribution >= 4 is 60.4 Å². The van der Waals surface area contributed by atoms with Gasteiger partial charge in [-0.25, -0.2) is 0 Å². The summed E-state index contributed by atoms with van der Waals surface area (Å²) in [6.45, 7) is 0. The first-order valence-corrected chi connectivity index (χ1v) is 22.0. The predicted molar refractivity (Wildman–Crippen MR) is 272 cm³/mol. The Morgan fingerprint density at radius 3 is 1.38 bits per heavy atom. The molecule has 1 aromatic heterocycles. The van der Waals surface area contributed by atoms with E-state index in [4.69, 9.17) is 0 Å². The summed E-state index contributed by atoms with van der Waals surface area (Å²) in [5.41, 5.74) is 16.4. The van der Waals surface area contributed by atoms with Crippen LogP contribution in [0.15, 0.2) is 255 Å². The highest BCUT2D eigenvalue weighted by Gasteiger charge is 2.20. The van der Waals surface area contributed by atoms with Crippen LogP contribution in [0.2, 0.25) is 0 Å². The van der Waals surface area contributed by atoms with E-state index in [0.29, 0.717) is 0 Å². The lowest BCUT2D eigenvalue weighted by atomic mass is 9.95. The second kappa shape index (κ2) is 15.8. The largest absolute Gasteiger partial charge is 0.311 e. The molecule has 0 spiro atoms. The Labute approximate surface area is 373 Å². The third-order valence-corrected chi connectivity index (χ3v) is 12.8. The van der Waals surface area contributed by atoms with Gasteiger partial charge in [-0.2, -0.15) is 0 Å². The summed E-state index contributed by atoms with van der Waals surface area (Å²) in [5.74, 6) is 0. The topological polar surface area (TPSA) is 8.17 Å². The molecule has 0 saturated carbocycles. The van der Waals surface area contributed by atoms with Gasteiger partial charge in [-0.15, -0.1) is 0 Å². The van der Waals surface area contributed by atoms with Crippen LogP contribution < -0.4 is 4.90 Å². The van der Waals surface area contributed by atoms with Crippen molar-refractivity contribution in [1.82, 2.24) is 4.57 Å². The molecule has 0 radical (unpaired) electrons. The fraction of sp³-hybridized carbons (Fsp3) is 0. The van der Waals surface area contributed by atoms with Crippen LogP contribution in [0.4, 0.5) is 17.1 Å². The SMILES string of the molecule is c1ccc(-c2ccc(N(c3ccc(-c4ccccc4)cc3)c3ccc(-c4cccc(-n5c6cccc(-c7ccc8ccccc8c7)c6c6c7ccccc7ccc65)c4)cc3)cc2)cc1. The van der Waals surface area contributed by atoms with Crippen LogP contribution in [-0.2, 0) is 0 Å². The van der Waals surface area contributed by atoms with Crippen molar-refractivity contribution in [2.45, 2.75) is 0 Å². The third kappa shape index (κ3) is 6.61. The first-order chi connectivity index (χ1) is 31.7. The number of hydrogen-bond acceptors (Lipinski definition) is 1. The van der Waals surface area contributed by atoms with Gasteiger partial charge >= 0.3 is 0 Å². The summed E-state index contributed by atoms with van der Waals surface area (Å²) >= 11 is 0. The van der Waals surface area contributed by atoms with Crippen LogP contribution in [0, 0.1) is 0 Å². The van der Waals surface area contributed by atoms with Gasteiger partial charge in [0.1, 0.15) is 0 Å². The van der Waals surface area contributed by atoms with E-state index in [2.05, 4.69) is 264 Å². The number of anilines is 3. The quantitative estimate of drug-likeness (QED) is 0.148. The Morgan fingerprint density at radius 2 is 0.734 bits per heavy atom. The number of rotatable bonds is 8. The maximum atomic E-state index is 2.46. The molecular weight excluding hydrogens is 773 g/mol. The number of benzene rings is 11. The van der Waals surface area contributed by atoms with Crippen molar-refractivity contribution in [1.29, 1.82) is 0 Å². The second-order valence-corrected chi connectivity index (χ2v) is 16.5. The van der Waals surface area contributed by atoms with E-state index in [-0.39, 0.29) is 0 Å². The first-order valence-electron chi connectivity index (χ1n) is 22.0. The van der Waals surface area contributed by atoms with Crippen LogP contribution in [0.25, 0.3) is 93.5 Å². The minimum Gasteiger partial charge on any atom is -0.311 e. The van der Waals surface area contributed by atoms with Gasteiger partial charge in [-0.05, 0) is 133 Å². The zero-order valence-corrected chi connectivity index (χ0v) is 35.1. The maximum absolute atomic E-state index is 2.46. The zero-order valence-electron chi connectivity index (χ0n) is 35.1. The minimum absolute atomic E-state index is 1.09. The number of nitrogens with zero attached hydrogens (tertiary/aromatic N) is 2. The highest BCUT2D eigenvalue weighted by atomic mass is 15.1. The first kappa shape index (κ1) is 37.3. The summed E-state index contributed by atoms with van der Waals surface area (Å²) in [6.07, 6.45) is 0. The van der Waals surface area contributed by atoms with Crippen LogP contribution in [-0.4, -0.2) is 4.57 Å². The van der Waals surface area contributed by atoms with Crippen LogP contribution in [0.3, 0.4) is 0 Å². The van der Waals surface area contributed by atoms with Gasteiger partial charge in [-0.1, -0.05) is 188 Å². The molecule has 0 bridgehead atoms.